The summed E-state index contributed by atoms with van der Waals surface area (Å²) in [5, 5.41) is 12.0. The number of anilines is 1. The lowest BCUT2D eigenvalue weighted by atomic mass is 10.1. The molecule has 25 heavy (non-hydrogen) atoms. The normalized spacial score (nSPS) is 10.9. The average Bonchev–Trinajstić information content (AvgIpc) is 2.61. The Morgan fingerprint density at radius 3 is 2.44 bits per heavy atom. The summed E-state index contributed by atoms with van der Waals surface area (Å²) in [6, 6.07) is 16.1. The predicted molar refractivity (Wildman–Crippen MR) is 97.4 cm³/mol. The summed E-state index contributed by atoms with van der Waals surface area (Å²) in [4.78, 5) is 12.4. The van der Waals surface area contributed by atoms with Crippen molar-refractivity contribution in [3.63, 3.8) is 0 Å². The maximum atomic E-state index is 12.4. The minimum absolute atomic E-state index is 0.00405. The third-order valence-corrected chi connectivity index (χ3v) is 3.29. The van der Waals surface area contributed by atoms with Crippen LogP contribution in [0.1, 0.15) is 19.4 Å². The molecule has 0 spiro atoms. The van der Waals surface area contributed by atoms with Crippen LogP contribution in [0.2, 0.25) is 0 Å². The van der Waals surface area contributed by atoms with Gasteiger partial charge < -0.3 is 14.8 Å². The van der Waals surface area contributed by atoms with Crippen LogP contribution >= 0.6 is 0 Å². The smallest absolute Gasteiger partial charge is 0.266 e. The standard InChI is InChI=1S/C20H20N2O3/c1-14(2)25-19-7-5-4-6-15(19)12-16(13-21)20(23)22-17-8-10-18(24-3)11-9-17/h4-12,14H,1-3H3,(H,22,23). The van der Waals surface area contributed by atoms with Crippen molar-refractivity contribution >= 4 is 17.7 Å². The molecular weight excluding hydrogens is 316 g/mol. The number of rotatable bonds is 6. The molecule has 5 heteroatoms. The van der Waals surface area contributed by atoms with Crippen LogP contribution in [0.5, 0.6) is 11.5 Å². The number of carbonyl (C=O) groups excluding carboxylic acids is 1. The molecule has 0 unspecified atom stereocenters. The first-order chi connectivity index (χ1) is 12.0. The zero-order valence-electron chi connectivity index (χ0n) is 14.4. The van der Waals surface area contributed by atoms with E-state index in [0.29, 0.717) is 22.7 Å². The Bertz CT molecular complexity index is 802. The van der Waals surface area contributed by atoms with Crippen molar-refractivity contribution in [3.05, 3.63) is 59.7 Å². The monoisotopic (exact) mass is 336 g/mol. The number of nitrogens with one attached hydrogen (secondary N) is 1. The molecule has 2 aromatic rings. The van der Waals surface area contributed by atoms with E-state index in [1.165, 1.54) is 6.08 Å². The third kappa shape index (κ3) is 5.11. The van der Waals surface area contributed by atoms with E-state index in [-0.39, 0.29) is 11.7 Å². The molecular formula is C20H20N2O3. The van der Waals surface area contributed by atoms with Crippen molar-refractivity contribution in [1.82, 2.24) is 0 Å². The van der Waals surface area contributed by atoms with Crippen molar-refractivity contribution < 1.29 is 14.3 Å². The molecule has 0 aliphatic carbocycles. The number of nitriles is 1. The summed E-state index contributed by atoms with van der Waals surface area (Å²) >= 11 is 0. The number of hydrogen-bond acceptors (Lipinski definition) is 4. The number of carbonyl (C=O) groups is 1. The lowest BCUT2D eigenvalue weighted by molar-refractivity contribution is -0.112. The summed E-state index contributed by atoms with van der Waals surface area (Å²) in [5.41, 5.74) is 1.26. The second-order valence-electron chi connectivity index (χ2n) is 5.56. The number of nitrogens with zero attached hydrogens (tertiary/aromatic N) is 1. The molecule has 0 saturated carbocycles. The maximum Gasteiger partial charge on any atom is 0.266 e. The second kappa shape index (κ2) is 8.55. The fourth-order valence-electron chi connectivity index (χ4n) is 2.14. The van der Waals surface area contributed by atoms with Crippen molar-refractivity contribution in [2.24, 2.45) is 0 Å². The predicted octanol–water partition coefficient (Wildman–Crippen LogP) is 4.03. The Morgan fingerprint density at radius 1 is 1.16 bits per heavy atom. The fraction of sp³-hybridized carbons (Fsp3) is 0.200. The third-order valence-electron chi connectivity index (χ3n) is 3.29. The van der Waals surface area contributed by atoms with Crippen LogP contribution in [0, 0.1) is 11.3 Å². The van der Waals surface area contributed by atoms with Crippen LogP contribution in [0.3, 0.4) is 0 Å². The van der Waals surface area contributed by atoms with Crippen molar-refractivity contribution in [2.45, 2.75) is 20.0 Å². The highest BCUT2D eigenvalue weighted by Crippen LogP contribution is 2.23. The molecule has 0 heterocycles. The van der Waals surface area contributed by atoms with E-state index in [2.05, 4.69) is 5.32 Å². The van der Waals surface area contributed by atoms with Gasteiger partial charge >= 0.3 is 0 Å². The topological polar surface area (TPSA) is 71.3 Å². The highest BCUT2D eigenvalue weighted by molar-refractivity contribution is 6.09. The molecule has 0 radical (unpaired) electrons. The molecule has 0 atom stereocenters. The van der Waals surface area contributed by atoms with Gasteiger partial charge in [-0.1, -0.05) is 18.2 Å². The first-order valence-electron chi connectivity index (χ1n) is 7.86. The molecule has 2 rings (SSSR count). The van der Waals surface area contributed by atoms with Crippen LogP contribution < -0.4 is 14.8 Å². The number of hydrogen-bond donors (Lipinski definition) is 1. The van der Waals surface area contributed by atoms with Crippen LogP contribution in [-0.4, -0.2) is 19.1 Å². The van der Waals surface area contributed by atoms with Gasteiger partial charge in [0, 0.05) is 11.3 Å². The fourth-order valence-corrected chi connectivity index (χ4v) is 2.14. The molecule has 2 aromatic carbocycles. The minimum Gasteiger partial charge on any atom is -0.497 e. The van der Waals surface area contributed by atoms with Crippen LogP contribution in [0.4, 0.5) is 5.69 Å². The minimum atomic E-state index is -0.480. The largest absolute Gasteiger partial charge is 0.497 e. The van der Waals surface area contributed by atoms with Gasteiger partial charge in [-0.15, -0.1) is 0 Å². The lowest BCUT2D eigenvalue weighted by Crippen LogP contribution is -2.13. The van der Waals surface area contributed by atoms with Crippen molar-refractivity contribution in [2.75, 3.05) is 12.4 Å². The van der Waals surface area contributed by atoms with Crippen LogP contribution in [0.15, 0.2) is 54.1 Å². The maximum absolute atomic E-state index is 12.4. The molecule has 0 aromatic heterocycles. The van der Waals surface area contributed by atoms with Crippen LogP contribution in [0.25, 0.3) is 6.08 Å². The van der Waals surface area contributed by atoms with Crippen LogP contribution in [-0.2, 0) is 4.79 Å². The van der Waals surface area contributed by atoms with Gasteiger partial charge in [0.15, 0.2) is 0 Å². The molecule has 1 amide bonds. The molecule has 0 aliphatic heterocycles. The number of amides is 1. The number of para-hydroxylation sites is 1. The number of ether oxygens (including phenoxy) is 2. The Hall–Kier alpha value is -3.26. The zero-order valence-corrected chi connectivity index (χ0v) is 14.4. The van der Waals surface area contributed by atoms with Gasteiger partial charge in [-0.05, 0) is 50.3 Å². The van der Waals surface area contributed by atoms with Gasteiger partial charge in [0.1, 0.15) is 23.1 Å². The van der Waals surface area contributed by atoms with Gasteiger partial charge in [-0.3, -0.25) is 4.79 Å². The quantitative estimate of drug-likeness (QED) is 0.638. The van der Waals surface area contributed by atoms with E-state index < -0.39 is 5.91 Å². The Morgan fingerprint density at radius 2 is 1.84 bits per heavy atom. The van der Waals surface area contributed by atoms with E-state index in [9.17, 15) is 10.1 Å². The van der Waals surface area contributed by atoms with Crippen molar-refractivity contribution in [3.8, 4) is 17.6 Å². The summed E-state index contributed by atoms with van der Waals surface area (Å²) in [7, 11) is 1.57. The van der Waals surface area contributed by atoms with E-state index in [1.54, 1.807) is 37.4 Å². The van der Waals surface area contributed by atoms with Gasteiger partial charge in [-0.2, -0.15) is 5.26 Å². The average molecular weight is 336 g/mol. The Kier molecular flexibility index (Phi) is 6.19. The van der Waals surface area contributed by atoms with Gasteiger partial charge in [0.2, 0.25) is 0 Å². The first-order valence-corrected chi connectivity index (χ1v) is 7.86. The van der Waals surface area contributed by atoms with E-state index >= 15 is 0 Å². The van der Waals surface area contributed by atoms with E-state index in [1.807, 2.05) is 38.1 Å². The Labute approximate surface area is 147 Å². The molecule has 0 aliphatic rings. The molecule has 1 N–H and O–H groups in total. The summed E-state index contributed by atoms with van der Waals surface area (Å²) in [5.74, 6) is 0.836. The number of methoxy groups -OCH3 is 1. The highest BCUT2D eigenvalue weighted by Gasteiger charge is 2.12. The van der Waals surface area contributed by atoms with Gasteiger partial charge in [-0.25, -0.2) is 0 Å². The highest BCUT2D eigenvalue weighted by atomic mass is 16.5. The zero-order chi connectivity index (χ0) is 18.2. The molecule has 0 bridgehead atoms. The SMILES string of the molecule is COc1ccc(NC(=O)C(C#N)=Cc2ccccc2OC(C)C)cc1. The van der Waals surface area contributed by atoms with Crippen molar-refractivity contribution in [1.29, 1.82) is 5.26 Å². The van der Waals surface area contributed by atoms with Gasteiger partial charge in [0.05, 0.1) is 13.2 Å². The summed E-state index contributed by atoms with van der Waals surface area (Å²) in [6.45, 7) is 3.84. The Balaban J connectivity index is 2.22. The van der Waals surface area contributed by atoms with E-state index in [4.69, 9.17) is 9.47 Å². The summed E-state index contributed by atoms with van der Waals surface area (Å²) < 4.78 is 10.8. The summed E-state index contributed by atoms with van der Waals surface area (Å²) in [6.07, 6.45) is 1.52. The van der Waals surface area contributed by atoms with E-state index in [0.717, 1.165) is 0 Å². The molecule has 0 saturated heterocycles. The lowest BCUT2D eigenvalue weighted by Gasteiger charge is -2.12. The van der Waals surface area contributed by atoms with Gasteiger partial charge in [0.25, 0.3) is 5.91 Å². The number of benzene rings is 2. The molecule has 0 fully saturated rings. The molecule has 128 valence electrons. The first kappa shape index (κ1) is 18.1. The second-order valence-corrected chi connectivity index (χ2v) is 5.56. The molecule has 5 nitrogen and oxygen atoms in total.